The van der Waals surface area contributed by atoms with Gasteiger partial charge in [-0.3, -0.25) is 0 Å². The summed E-state index contributed by atoms with van der Waals surface area (Å²) in [6.07, 6.45) is 6.20. The van der Waals surface area contributed by atoms with Crippen LogP contribution in [0.1, 0.15) is 53.7 Å². The highest BCUT2D eigenvalue weighted by molar-refractivity contribution is 6.20. The Labute approximate surface area is 126 Å². The number of rotatable bonds is 5. The van der Waals surface area contributed by atoms with Crippen LogP contribution in [0.2, 0.25) is 0 Å². The summed E-state index contributed by atoms with van der Waals surface area (Å²) in [6.45, 7) is 0. The van der Waals surface area contributed by atoms with E-state index >= 15 is 0 Å². The fourth-order valence-corrected chi connectivity index (χ4v) is 3.24. The number of alkyl halides is 1. The van der Waals surface area contributed by atoms with Crippen molar-refractivity contribution in [2.24, 2.45) is 0 Å². The third-order valence-corrected chi connectivity index (χ3v) is 4.90. The number of benzene rings is 2. The van der Waals surface area contributed by atoms with Gasteiger partial charge in [-0.05, 0) is 48.3 Å². The first-order valence-electron chi connectivity index (χ1n) is 7.61. The average Bonchev–Trinajstić information content (AvgIpc) is 2.45. The van der Waals surface area contributed by atoms with Gasteiger partial charge in [0.1, 0.15) is 0 Å². The molecule has 0 nitrogen and oxygen atoms in total. The first kappa shape index (κ1) is 13.7. The van der Waals surface area contributed by atoms with Crippen LogP contribution in [0.3, 0.4) is 0 Å². The minimum Gasteiger partial charge on any atom is -0.118 e. The Balaban J connectivity index is 1.66. The van der Waals surface area contributed by atoms with Crippen molar-refractivity contribution in [2.45, 2.75) is 43.4 Å². The molecule has 3 rings (SSSR count). The third kappa shape index (κ3) is 3.07. The van der Waals surface area contributed by atoms with Crippen LogP contribution < -0.4 is 0 Å². The molecule has 0 radical (unpaired) electrons. The molecule has 1 atom stereocenters. The Morgan fingerprint density at radius 1 is 0.950 bits per heavy atom. The van der Waals surface area contributed by atoms with Crippen molar-refractivity contribution in [3.8, 4) is 0 Å². The van der Waals surface area contributed by atoms with Gasteiger partial charge in [-0.15, -0.1) is 11.6 Å². The second kappa shape index (κ2) is 6.45. The van der Waals surface area contributed by atoms with Gasteiger partial charge in [-0.2, -0.15) is 0 Å². The van der Waals surface area contributed by atoms with Gasteiger partial charge in [0.25, 0.3) is 0 Å². The molecule has 20 heavy (non-hydrogen) atoms. The highest BCUT2D eigenvalue weighted by Gasteiger charge is 2.21. The predicted molar refractivity (Wildman–Crippen MR) is 86.4 cm³/mol. The smallest absolute Gasteiger partial charge is 0.0588 e. The molecule has 0 saturated heterocycles. The quantitative estimate of drug-likeness (QED) is 0.603. The second-order valence-electron chi connectivity index (χ2n) is 5.74. The van der Waals surface area contributed by atoms with E-state index in [0.29, 0.717) is 0 Å². The van der Waals surface area contributed by atoms with Crippen molar-refractivity contribution in [1.29, 1.82) is 0 Å². The highest BCUT2D eigenvalue weighted by Crippen LogP contribution is 2.38. The number of halogens is 1. The molecule has 2 aromatic carbocycles. The molecule has 2 aromatic rings. The Hall–Kier alpha value is -1.27. The monoisotopic (exact) mass is 284 g/mol. The van der Waals surface area contributed by atoms with E-state index in [2.05, 4.69) is 48.5 Å². The summed E-state index contributed by atoms with van der Waals surface area (Å²) in [4.78, 5) is 0. The van der Waals surface area contributed by atoms with Crippen molar-refractivity contribution in [1.82, 2.24) is 0 Å². The highest BCUT2D eigenvalue weighted by atomic mass is 35.5. The van der Waals surface area contributed by atoms with Gasteiger partial charge in [0.2, 0.25) is 0 Å². The van der Waals surface area contributed by atoms with Crippen LogP contribution in [0.15, 0.2) is 54.6 Å². The van der Waals surface area contributed by atoms with Crippen LogP contribution in [0, 0.1) is 0 Å². The van der Waals surface area contributed by atoms with E-state index in [-0.39, 0.29) is 5.38 Å². The Morgan fingerprint density at radius 2 is 1.65 bits per heavy atom. The van der Waals surface area contributed by atoms with Gasteiger partial charge < -0.3 is 0 Å². The van der Waals surface area contributed by atoms with E-state index in [4.69, 9.17) is 11.6 Å². The summed E-state index contributed by atoms with van der Waals surface area (Å²) in [5.74, 6) is 0.803. The van der Waals surface area contributed by atoms with Gasteiger partial charge in [0, 0.05) is 0 Å². The number of hydrogen-bond acceptors (Lipinski definition) is 0. The first-order chi connectivity index (χ1) is 9.84. The van der Waals surface area contributed by atoms with Crippen LogP contribution in [0.25, 0.3) is 0 Å². The normalized spacial score (nSPS) is 16.6. The van der Waals surface area contributed by atoms with Gasteiger partial charge in [0.05, 0.1) is 5.38 Å². The topological polar surface area (TPSA) is 0 Å². The largest absolute Gasteiger partial charge is 0.118 e. The summed E-state index contributed by atoms with van der Waals surface area (Å²) >= 11 is 6.54. The lowest BCUT2D eigenvalue weighted by atomic mass is 9.77. The molecule has 1 heteroatoms. The van der Waals surface area contributed by atoms with Crippen molar-refractivity contribution >= 4 is 11.6 Å². The molecule has 1 aliphatic rings. The number of aryl methyl sites for hydroxylation is 1. The third-order valence-electron chi connectivity index (χ3n) is 4.43. The molecule has 0 heterocycles. The fraction of sp³-hybridized carbons (Fsp3) is 0.368. The Kier molecular flexibility index (Phi) is 4.42. The summed E-state index contributed by atoms with van der Waals surface area (Å²) in [7, 11) is 0. The molecule has 0 amide bonds. The first-order valence-corrected chi connectivity index (χ1v) is 8.05. The SMILES string of the molecule is ClC(CCc1ccccc1C1CCC1)c1ccccc1. The molecule has 0 spiro atoms. The van der Waals surface area contributed by atoms with Gasteiger partial charge in [-0.1, -0.05) is 61.0 Å². The predicted octanol–water partition coefficient (Wildman–Crippen LogP) is 5.87. The maximum Gasteiger partial charge on any atom is 0.0588 e. The summed E-state index contributed by atoms with van der Waals surface area (Å²) in [5.41, 5.74) is 4.30. The van der Waals surface area contributed by atoms with E-state index in [1.54, 1.807) is 5.56 Å². The Morgan fingerprint density at radius 3 is 2.35 bits per heavy atom. The van der Waals surface area contributed by atoms with Gasteiger partial charge in [0.15, 0.2) is 0 Å². The van der Waals surface area contributed by atoms with E-state index in [1.165, 1.54) is 30.4 Å². The molecule has 1 unspecified atom stereocenters. The molecule has 1 aliphatic carbocycles. The van der Waals surface area contributed by atoms with E-state index in [1.807, 2.05) is 6.07 Å². The average molecular weight is 285 g/mol. The Bertz CT molecular complexity index is 543. The summed E-state index contributed by atoms with van der Waals surface area (Å²) < 4.78 is 0. The molecule has 0 bridgehead atoms. The van der Waals surface area contributed by atoms with Crippen LogP contribution in [-0.4, -0.2) is 0 Å². The molecule has 104 valence electrons. The van der Waals surface area contributed by atoms with Gasteiger partial charge in [-0.25, -0.2) is 0 Å². The summed E-state index contributed by atoms with van der Waals surface area (Å²) in [6, 6.07) is 19.3. The molecular weight excluding hydrogens is 264 g/mol. The van der Waals surface area contributed by atoms with Crippen LogP contribution in [-0.2, 0) is 6.42 Å². The van der Waals surface area contributed by atoms with Crippen LogP contribution in [0.4, 0.5) is 0 Å². The minimum absolute atomic E-state index is 0.116. The molecule has 0 aromatic heterocycles. The summed E-state index contributed by atoms with van der Waals surface area (Å²) in [5, 5.41) is 0.116. The standard InChI is InChI=1S/C19H21Cl/c20-19(17-8-2-1-3-9-17)14-13-16-7-4-5-12-18(16)15-10-6-11-15/h1-5,7-9,12,15,19H,6,10-11,13-14H2. The lowest BCUT2D eigenvalue weighted by molar-refractivity contribution is 0.417. The zero-order valence-corrected chi connectivity index (χ0v) is 12.5. The molecule has 1 saturated carbocycles. The number of hydrogen-bond donors (Lipinski definition) is 0. The maximum absolute atomic E-state index is 6.54. The molecule has 0 N–H and O–H groups in total. The zero-order valence-electron chi connectivity index (χ0n) is 11.8. The van der Waals surface area contributed by atoms with Crippen molar-refractivity contribution in [3.05, 3.63) is 71.3 Å². The van der Waals surface area contributed by atoms with Crippen molar-refractivity contribution in [2.75, 3.05) is 0 Å². The lowest BCUT2D eigenvalue weighted by Crippen LogP contribution is -2.11. The van der Waals surface area contributed by atoms with Crippen molar-refractivity contribution in [3.63, 3.8) is 0 Å². The second-order valence-corrected chi connectivity index (χ2v) is 6.27. The van der Waals surface area contributed by atoms with E-state index in [0.717, 1.165) is 18.8 Å². The van der Waals surface area contributed by atoms with Crippen molar-refractivity contribution < 1.29 is 0 Å². The molecular formula is C19H21Cl. The van der Waals surface area contributed by atoms with Crippen LogP contribution in [0.5, 0.6) is 0 Å². The zero-order chi connectivity index (χ0) is 13.8. The maximum atomic E-state index is 6.54. The fourth-order valence-electron chi connectivity index (χ4n) is 2.99. The molecule has 1 fully saturated rings. The van der Waals surface area contributed by atoms with Gasteiger partial charge >= 0.3 is 0 Å². The lowest BCUT2D eigenvalue weighted by Gasteiger charge is -2.28. The minimum atomic E-state index is 0.116. The van der Waals surface area contributed by atoms with E-state index < -0.39 is 0 Å². The van der Waals surface area contributed by atoms with E-state index in [9.17, 15) is 0 Å². The van der Waals surface area contributed by atoms with Crippen LogP contribution >= 0.6 is 11.6 Å². The molecule has 0 aliphatic heterocycles.